The summed E-state index contributed by atoms with van der Waals surface area (Å²) in [6.45, 7) is 4.00. The number of hydrogen-bond donors (Lipinski definition) is 3. The van der Waals surface area contributed by atoms with Gasteiger partial charge in [-0.05, 0) is 38.1 Å². The van der Waals surface area contributed by atoms with E-state index in [2.05, 4.69) is 15.5 Å². The van der Waals surface area contributed by atoms with Gasteiger partial charge in [0.2, 0.25) is 6.41 Å². The SMILES string of the molecule is Cl.Cl.O=CNc1cccc(OCC(=O)ON2CCN(C3CCNCC3)CC2)c1OCC(=O)O. The Bertz CT molecular complexity index is 773. The van der Waals surface area contributed by atoms with Gasteiger partial charge in [0, 0.05) is 32.2 Å². The molecule has 1 aromatic carbocycles. The van der Waals surface area contributed by atoms with Crippen molar-refractivity contribution in [1.82, 2.24) is 15.3 Å². The maximum Gasteiger partial charge on any atom is 0.362 e. The molecular weight excluding hydrogens is 479 g/mol. The zero-order chi connectivity index (χ0) is 22.1. The first-order valence-corrected chi connectivity index (χ1v) is 10.3. The Balaban J connectivity index is 0.00000272. The van der Waals surface area contributed by atoms with Crippen LogP contribution >= 0.6 is 24.8 Å². The van der Waals surface area contributed by atoms with E-state index in [0.29, 0.717) is 25.5 Å². The van der Waals surface area contributed by atoms with Crippen molar-refractivity contribution in [3.8, 4) is 11.5 Å². The van der Waals surface area contributed by atoms with Crippen LogP contribution in [0.1, 0.15) is 12.8 Å². The highest BCUT2D eigenvalue weighted by molar-refractivity contribution is 5.85. The van der Waals surface area contributed by atoms with Crippen molar-refractivity contribution in [3.63, 3.8) is 0 Å². The number of carbonyl (C=O) groups is 3. The van der Waals surface area contributed by atoms with Gasteiger partial charge in [-0.2, -0.15) is 0 Å². The van der Waals surface area contributed by atoms with E-state index < -0.39 is 18.5 Å². The molecule has 0 unspecified atom stereocenters. The van der Waals surface area contributed by atoms with E-state index in [1.165, 1.54) is 12.1 Å². The number of piperidine rings is 1. The Kier molecular flexibility index (Phi) is 12.8. The zero-order valence-electron chi connectivity index (χ0n) is 18.1. The first kappa shape index (κ1) is 28.7. The number of anilines is 1. The van der Waals surface area contributed by atoms with Crippen LogP contribution in [0.5, 0.6) is 11.5 Å². The summed E-state index contributed by atoms with van der Waals surface area (Å²) in [4.78, 5) is 41.7. The molecule has 2 heterocycles. The lowest BCUT2D eigenvalue weighted by Crippen LogP contribution is -2.53. The number of piperazine rings is 1. The number of rotatable bonds is 10. The van der Waals surface area contributed by atoms with Gasteiger partial charge in [0.25, 0.3) is 0 Å². The smallest absolute Gasteiger partial charge is 0.362 e. The molecule has 2 saturated heterocycles. The molecule has 1 amide bonds. The van der Waals surface area contributed by atoms with Crippen LogP contribution in [0.3, 0.4) is 0 Å². The quantitative estimate of drug-likeness (QED) is 0.389. The predicted octanol–water partition coefficient (Wildman–Crippen LogP) is 0.769. The number of ether oxygens (including phenoxy) is 2. The molecule has 2 aliphatic heterocycles. The van der Waals surface area contributed by atoms with Crippen LogP contribution in [0.15, 0.2) is 18.2 Å². The molecule has 0 radical (unpaired) electrons. The number of halogens is 2. The number of carbonyl (C=O) groups excluding carboxylic acids is 2. The van der Waals surface area contributed by atoms with Crippen molar-refractivity contribution >= 4 is 48.9 Å². The molecule has 11 nitrogen and oxygen atoms in total. The third-order valence-electron chi connectivity index (χ3n) is 5.21. The molecular formula is C20H30Cl2N4O7. The molecule has 0 aliphatic carbocycles. The third-order valence-corrected chi connectivity index (χ3v) is 5.21. The fraction of sp³-hybridized carbons (Fsp3) is 0.550. The Morgan fingerprint density at radius 2 is 1.79 bits per heavy atom. The molecule has 0 atom stereocenters. The number of nitrogens with one attached hydrogen (secondary N) is 2. The summed E-state index contributed by atoms with van der Waals surface area (Å²) in [5, 5.41) is 16.3. The number of amides is 1. The lowest BCUT2D eigenvalue weighted by molar-refractivity contribution is -0.201. The largest absolute Gasteiger partial charge is 0.479 e. The predicted molar refractivity (Wildman–Crippen MR) is 124 cm³/mol. The van der Waals surface area contributed by atoms with E-state index in [0.717, 1.165) is 39.0 Å². The highest BCUT2D eigenvalue weighted by Gasteiger charge is 2.26. The van der Waals surface area contributed by atoms with Crippen molar-refractivity contribution in [2.75, 3.05) is 57.8 Å². The van der Waals surface area contributed by atoms with Crippen LogP contribution in [0.25, 0.3) is 0 Å². The van der Waals surface area contributed by atoms with Gasteiger partial charge in [-0.15, -0.1) is 29.9 Å². The highest BCUT2D eigenvalue weighted by Crippen LogP contribution is 2.35. The summed E-state index contributed by atoms with van der Waals surface area (Å²) in [7, 11) is 0. The lowest BCUT2D eigenvalue weighted by Gasteiger charge is -2.39. The third kappa shape index (κ3) is 8.86. The molecule has 2 fully saturated rings. The molecule has 0 aromatic heterocycles. The fourth-order valence-electron chi connectivity index (χ4n) is 3.73. The van der Waals surface area contributed by atoms with Crippen LogP contribution in [-0.4, -0.2) is 91.9 Å². The van der Waals surface area contributed by atoms with Gasteiger partial charge in [0.1, 0.15) is 0 Å². The Labute approximate surface area is 204 Å². The first-order chi connectivity index (χ1) is 15.1. The van der Waals surface area contributed by atoms with Gasteiger partial charge < -0.3 is 30.1 Å². The van der Waals surface area contributed by atoms with Gasteiger partial charge in [-0.3, -0.25) is 9.69 Å². The average Bonchev–Trinajstić information content (AvgIpc) is 2.78. The summed E-state index contributed by atoms with van der Waals surface area (Å²) < 4.78 is 10.7. The highest BCUT2D eigenvalue weighted by atomic mass is 35.5. The molecule has 1 aromatic rings. The van der Waals surface area contributed by atoms with E-state index in [4.69, 9.17) is 19.4 Å². The Morgan fingerprint density at radius 1 is 1.09 bits per heavy atom. The lowest BCUT2D eigenvalue weighted by atomic mass is 10.0. The van der Waals surface area contributed by atoms with Gasteiger partial charge in [-0.25, -0.2) is 9.59 Å². The number of carboxylic acids is 1. The molecule has 3 N–H and O–H groups in total. The monoisotopic (exact) mass is 508 g/mol. The average molecular weight is 509 g/mol. The number of carboxylic acid groups (broad SMARTS) is 1. The molecule has 0 bridgehead atoms. The molecule has 13 heteroatoms. The number of hydroxylamine groups is 2. The minimum Gasteiger partial charge on any atom is -0.479 e. The number of hydrogen-bond acceptors (Lipinski definition) is 9. The standard InChI is InChI=1S/C20H28N4O7.2ClH/c25-14-22-16-2-1-3-17(20(16)30-12-18(26)27)29-13-19(28)31-24-10-8-23(9-11-24)15-4-6-21-7-5-15;;/h1-3,14-15,21H,4-13H2,(H,22,25)(H,26,27);2*1H. The van der Waals surface area contributed by atoms with Gasteiger partial charge in [0.15, 0.2) is 24.7 Å². The number of para-hydroxylation sites is 1. The number of benzene rings is 1. The van der Waals surface area contributed by atoms with E-state index >= 15 is 0 Å². The van der Waals surface area contributed by atoms with Crippen LogP contribution in [0.4, 0.5) is 5.69 Å². The minimum atomic E-state index is -1.19. The molecule has 3 rings (SSSR count). The normalized spacial score (nSPS) is 17.1. The van der Waals surface area contributed by atoms with Crippen molar-refractivity contribution in [2.45, 2.75) is 18.9 Å². The van der Waals surface area contributed by atoms with Crippen molar-refractivity contribution < 1.29 is 33.8 Å². The van der Waals surface area contributed by atoms with E-state index in [1.807, 2.05) is 0 Å². The summed E-state index contributed by atoms with van der Waals surface area (Å²) in [5.41, 5.74) is 0.233. The van der Waals surface area contributed by atoms with E-state index in [1.54, 1.807) is 11.1 Å². The first-order valence-electron chi connectivity index (χ1n) is 10.3. The molecule has 0 spiro atoms. The van der Waals surface area contributed by atoms with Gasteiger partial charge in [-0.1, -0.05) is 6.07 Å². The van der Waals surface area contributed by atoms with Crippen molar-refractivity contribution in [1.29, 1.82) is 0 Å². The molecule has 33 heavy (non-hydrogen) atoms. The van der Waals surface area contributed by atoms with Gasteiger partial charge in [0.05, 0.1) is 5.69 Å². The van der Waals surface area contributed by atoms with Crippen LogP contribution in [0.2, 0.25) is 0 Å². The number of aliphatic carboxylic acids is 1. The Morgan fingerprint density at radius 3 is 2.42 bits per heavy atom. The fourth-order valence-corrected chi connectivity index (χ4v) is 3.73. The second kappa shape index (κ2) is 14.8. The zero-order valence-corrected chi connectivity index (χ0v) is 19.7. The topological polar surface area (TPSA) is 130 Å². The summed E-state index contributed by atoms with van der Waals surface area (Å²) in [5.74, 6) is -1.61. The molecule has 0 saturated carbocycles. The van der Waals surface area contributed by atoms with Crippen LogP contribution in [-0.2, 0) is 19.2 Å². The molecule has 2 aliphatic rings. The van der Waals surface area contributed by atoms with E-state index in [9.17, 15) is 14.4 Å². The van der Waals surface area contributed by atoms with Crippen molar-refractivity contribution in [3.05, 3.63) is 18.2 Å². The second-order valence-corrected chi connectivity index (χ2v) is 7.28. The minimum absolute atomic E-state index is 0. The number of nitrogens with zero attached hydrogens (tertiary/aromatic N) is 2. The van der Waals surface area contributed by atoms with Crippen LogP contribution < -0.4 is 20.1 Å². The molecule has 186 valence electrons. The maximum atomic E-state index is 12.2. The van der Waals surface area contributed by atoms with Gasteiger partial charge >= 0.3 is 11.9 Å². The van der Waals surface area contributed by atoms with E-state index in [-0.39, 0.29) is 48.6 Å². The Hall–Kier alpha value is -2.31. The summed E-state index contributed by atoms with van der Waals surface area (Å²) in [6.07, 6.45) is 2.71. The van der Waals surface area contributed by atoms with Crippen LogP contribution in [0, 0.1) is 0 Å². The maximum absolute atomic E-state index is 12.2. The van der Waals surface area contributed by atoms with Crippen molar-refractivity contribution in [2.24, 2.45) is 0 Å². The summed E-state index contributed by atoms with van der Waals surface area (Å²) in [6, 6.07) is 5.20. The summed E-state index contributed by atoms with van der Waals surface area (Å²) >= 11 is 0. The second-order valence-electron chi connectivity index (χ2n) is 7.28.